The Morgan fingerprint density at radius 3 is 2.10 bits per heavy atom. The van der Waals surface area contributed by atoms with Gasteiger partial charge in [0, 0.05) is 12.1 Å². The SMILES string of the molecule is CCCCN(C(C)c1ccc(OC(C)C)cc1)[C@@H](C)CC. The van der Waals surface area contributed by atoms with Crippen LogP contribution in [0.5, 0.6) is 5.75 Å². The second kappa shape index (κ2) is 9.09. The number of benzene rings is 1. The van der Waals surface area contributed by atoms with Crippen LogP contribution < -0.4 is 4.74 Å². The first-order valence-electron chi connectivity index (χ1n) is 8.51. The normalized spacial score (nSPS) is 14.5. The van der Waals surface area contributed by atoms with Gasteiger partial charge in [0.15, 0.2) is 0 Å². The van der Waals surface area contributed by atoms with Crippen molar-refractivity contribution in [2.24, 2.45) is 0 Å². The highest BCUT2D eigenvalue weighted by Gasteiger charge is 2.19. The predicted molar refractivity (Wildman–Crippen MR) is 92.0 cm³/mol. The Kier molecular flexibility index (Phi) is 7.81. The molecule has 0 fully saturated rings. The van der Waals surface area contributed by atoms with E-state index < -0.39 is 0 Å². The standard InChI is InChI=1S/C19H33NO/c1-7-9-14-20(16(5)8-2)17(6)18-10-12-19(13-11-18)21-15(3)4/h10-13,15-17H,7-9,14H2,1-6H3/t16-,17?/m0/s1. The lowest BCUT2D eigenvalue weighted by molar-refractivity contribution is 0.147. The molecule has 2 nitrogen and oxygen atoms in total. The van der Waals surface area contributed by atoms with Crippen molar-refractivity contribution in [2.45, 2.75) is 79.0 Å². The lowest BCUT2D eigenvalue weighted by Crippen LogP contribution is -2.35. The van der Waals surface area contributed by atoms with E-state index in [1.165, 1.54) is 31.4 Å². The van der Waals surface area contributed by atoms with Crippen LogP contribution in [0.25, 0.3) is 0 Å². The summed E-state index contributed by atoms with van der Waals surface area (Å²) >= 11 is 0. The van der Waals surface area contributed by atoms with Crippen LogP contribution in [0.4, 0.5) is 0 Å². The Labute approximate surface area is 131 Å². The maximum atomic E-state index is 5.73. The highest BCUT2D eigenvalue weighted by atomic mass is 16.5. The zero-order valence-electron chi connectivity index (χ0n) is 14.7. The van der Waals surface area contributed by atoms with E-state index in [9.17, 15) is 0 Å². The molecule has 2 heteroatoms. The van der Waals surface area contributed by atoms with Crippen LogP contribution in [0.2, 0.25) is 0 Å². The van der Waals surface area contributed by atoms with Crippen molar-refractivity contribution in [3.8, 4) is 5.75 Å². The summed E-state index contributed by atoms with van der Waals surface area (Å²) in [7, 11) is 0. The lowest BCUT2D eigenvalue weighted by atomic mass is 10.0. The van der Waals surface area contributed by atoms with Gasteiger partial charge >= 0.3 is 0 Å². The number of hydrogen-bond acceptors (Lipinski definition) is 2. The van der Waals surface area contributed by atoms with Gasteiger partial charge in [0.05, 0.1) is 6.10 Å². The zero-order chi connectivity index (χ0) is 15.8. The molecule has 1 rings (SSSR count). The third kappa shape index (κ3) is 5.70. The first-order chi connectivity index (χ1) is 9.99. The Morgan fingerprint density at radius 2 is 1.62 bits per heavy atom. The molecule has 120 valence electrons. The molecule has 1 aromatic rings. The van der Waals surface area contributed by atoms with Crippen LogP contribution in [-0.4, -0.2) is 23.6 Å². The minimum atomic E-state index is 0.231. The largest absolute Gasteiger partial charge is 0.491 e. The minimum Gasteiger partial charge on any atom is -0.491 e. The molecule has 0 aliphatic heterocycles. The van der Waals surface area contributed by atoms with Crippen molar-refractivity contribution >= 4 is 0 Å². The summed E-state index contributed by atoms with van der Waals surface area (Å²) in [5.41, 5.74) is 1.38. The van der Waals surface area contributed by atoms with E-state index in [0.717, 1.165) is 5.75 Å². The molecule has 0 amide bonds. The summed E-state index contributed by atoms with van der Waals surface area (Å²) in [5, 5.41) is 0. The molecule has 21 heavy (non-hydrogen) atoms. The molecule has 0 saturated carbocycles. The Balaban J connectivity index is 2.79. The molecule has 0 N–H and O–H groups in total. The fraction of sp³-hybridized carbons (Fsp3) is 0.684. The Hall–Kier alpha value is -1.02. The first kappa shape index (κ1) is 18.0. The van der Waals surface area contributed by atoms with Crippen LogP contribution >= 0.6 is 0 Å². The zero-order valence-corrected chi connectivity index (χ0v) is 14.7. The number of ether oxygens (including phenoxy) is 1. The van der Waals surface area contributed by atoms with Crippen molar-refractivity contribution in [1.82, 2.24) is 4.90 Å². The number of nitrogens with zero attached hydrogens (tertiary/aromatic N) is 1. The minimum absolute atomic E-state index is 0.231. The van der Waals surface area contributed by atoms with E-state index in [1.807, 2.05) is 0 Å². The Morgan fingerprint density at radius 1 is 1.00 bits per heavy atom. The number of unbranched alkanes of at least 4 members (excludes halogenated alkanes) is 1. The monoisotopic (exact) mass is 291 g/mol. The fourth-order valence-corrected chi connectivity index (χ4v) is 2.66. The molecule has 0 spiro atoms. The fourth-order valence-electron chi connectivity index (χ4n) is 2.66. The Bertz CT molecular complexity index is 385. The molecular weight excluding hydrogens is 258 g/mol. The molecule has 0 aliphatic carbocycles. The molecule has 0 heterocycles. The topological polar surface area (TPSA) is 12.5 Å². The van der Waals surface area contributed by atoms with Crippen molar-refractivity contribution in [3.63, 3.8) is 0 Å². The van der Waals surface area contributed by atoms with Crippen molar-refractivity contribution in [1.29, 1.82) is 0 Å². The van der Waals surface area contributed by atoms with Crippen LogP contribution in [0, 0.1) is 0 Å². The van der Waals surface area contributed by atoms with Gasteiger partial charge in [-0.3, -0.25) is 4.90 Å². The van der Waals surface area contributed by atoms with E-state index in [2.05, 4.69) is 70.7 Å². The maximum Gasteiger partial charge on any atom is 0.119 e. The molecular formula is C19H33NO. The van der Waals surface area contributed by atoms with Gasteiger partial charge in [-0.25, -0.2) is 0 Å². The van der Waals surface area contributed by atoms with Crippen molar-refractivity contribution in [2.75, 3.05) is 6.54 Å². The van der Waals surface area contributed by atoms with Crippen LogP contribution in [0.1, 0.15) is 72.4 Å². The molecule has 1 unspecified atom stereocenters. The summed E-state index contributed by atoms with van der Waals surface area (Å²) in [6, 6.07) is 9.70. The molecule has 0 aromatic heterocycles. The van der Waals surface area contributed by atoms with E-state index >= 15 is 0 Å². The summed E-state index contributed by atoms with van der Waals surface area (Å²) in [4.78, 5) is 2.63. The van der Waals surface area contributed by atoms with E-state index in [4.69, 9.17) is 4.74 Å². The highest BCUT2D eigenvalue weighted by Crippen LogP contribution is 2.26. The van der Waals surface area contributed by atoms with Gasteiger partial charge in [0.2, 0.25) is 0 Å². The molecule has 0 radical (unpaired) electrons. The van der Waals surface area contributed by atoms with Gasteiger partial charge in [-0.1, -0.05) is 32.4 Å². The van der Waals surface area contributed by atoms with Gasteiger partial charge in [0.1, 0.15) is 5.75 Å². The van der Waals surface area contributed by atoms with Gasteiger partial charge in [-0.2, -0.15) is 0 Å². The highest BCUT2D eigenvalue weighted by molar-refractivity contribution is 5.29. The van der Waals surface area contributed by atoms with E-state index in [0.29, 0.717) is 12.1 Å². The van der Waals surface area contributed by atoms with Crippen molar-refractivity contribution in [3.05, 3.63) is 29.8 Å². The smallest absolute Gasteiger partial charge is 0.119 e. The van der Waals surface area contributed by atoms with Crippen LogP contribution in [0.3, 0.4) is 0 Å². The third-order valence-corrected chi connectivity index (χ3v) is 4.16. The molecule has 1 aromatic carbocycles. The molecule has 0 bridgehead atoms. The van der Waals surface area contributed by atoms with Crippen molar-refractivity contribution < 1.29 is 4.74 Å². The second-order valence-electron chi connectivity index (χ2n) is 6.26. The number of hydrogen-bond donors (Lipinski definition) is 0. The summed E-state index contributed by atoms with van der Waals surface area (Å²) in [5.74, 6) is 0.963. The quantitative estimate of drug-likeness (QED) is 0.601. The summed E-state index contributed by atoms with van der Waals surface area (Å²) in [6.45, 7) is 14.5. The van der Waals surface area contributed by atoms with E-state index in [1.54, 1.807) is 0 Å². The van der Waals surface area contributed by atoms with E-state index in [-0.39, 0.29) is 6.10 Å². The third-order valence-electron chi connectivity index (χ3n) is 4.16. The predicted octanol–water partition coefficient (Wildman–Crippen LogP) is 5.44. The summed E-state index contributed by atoms with van der Waals surface area (Å²) in [6.07, 6.45) is 3.95. The van der Waals surface area contributed by atoms with Gasteiger partial charge in [-0.05, 0) is 64.8 Å². The second-order valence-corrected chi connectivity index (χ2v) is 6.26. The van der Waals surface area contributed by atoms with Crippen LogP contribution in [-0.2, 0) is 0 Å². The van der Waals surface area contributed by atoms with Gasteiger partial charge in [-0.15, -0.1) is 0 Å². The molecule has 0 aliphatic rings. The number of rotatable bonds is 9. The molecule has 2 atom stereocenters. The lowest BCUT2D eigenvalue weighted by Gasteiger charge is -2.34. The average molecular weight is 291 g/mol. The maximum absolute atomic E-state index is 5.73. The first-order valence-corrected chi connectivity index (χ1v) is 8.51. The van der Waals surface area contributed by atoms with Gasteiger partial charge in [0.25, 0.3) is 0 Å². The average Bonchev–Trinajstić information content (AvgIpc) is 2.47. The summed E-state index contributed by atoms with van der Waals surface area (Å²) < 4.78 is 5.73. The molecule has 0 saturated heterocycles. The van der Waals surface area contributed by atoms with Gasteiger partial charge < -0.3 is 4.74 Å². The van der Waals surface area contributed by atoms with Crippen LogP contribution in [0.15, 0.2) is 24.3 Å².